The molecular weight excluding hydrogens is 278 g/mol. The second-order valence-corrected chi connectivity index (χ2v) is 5.36. The van der Waals surface area contributed by atoms with Gasteiger partial charge in [-0.2, -0.15) is 0 Å². The Morgan fingerprint density at radius 2 is 1.86 bits per heavy atom. The Hall–Kier alpha value is -1.71. The fourth-order valence-electron chi connectivity index (χ4n) is 2.28. The van der Waals surface area contributed by atoms with Gasteiger partial charge in [0.1, 0.15) is 0 Å². The molecule has 124 valence electrons. The summed E-state index contributed by atoms with van der Waals surface area (Å²) in [5, 5.41) is 2.96. The molecule has 0 bridgehead atoms. The molecule has 0 unspecified atom stereocenters. The van der Waals surface area contributed by atoms with Crippen LogP contribution in [0.3, 0.4) is 0 Å². The highest BCUT2D eigenvalue weighted by Gasteiger charge is 2.06. The minimum Gasteiger partial charge on any atom is -0.493 e. The molecule has 1 N–H and O–H groups in total. The van der Waals surface area contributed by atoms with Crippen molar-refractivity contribution in [3.63, 3.8) is 0 Å². The summed E-state index contributed by atoms with van der Waals surface area (Å²) in [6.07, 6.45) is 6.43. The van der Waals surface area contributed by atoms with Gasteiger partial charge in [-0.15, -0.1) is 0 Å². The lowest BCUT2D eigenvalue weighted by molar-refractivity contribution is -0.121. The summed E-state index contributed by atoms with van der Waals surface area (Å²) >= 11 is 0. The zero-order valence-corrected chi connectivity index (χ0v) is 14.1. The Kier molecular flexibility index (Phi) is 9.12. The third-order valence-electron chi connectivity index (χ3n) is 3.52. The zero-order chi connectivity index (χ0) is 16.2. The second-order valence-electron chi connectivity index (χ2n) is 5.36. The van der Waals surface area contributed by atoms with Gasteiger partial charge in [0.15, 0.2) is 11.5 Å². The number of hydrogen-bond donors (Lipinski definition) is 1. The summed E-state index contributed by atoms with van der Waals surface area (Å²) in [5.41, 5.74) is 1.02. The minimum atomic E-state index is 0.116. The van der Waals surface area contributed by atoms with Crippen molar-refractivity contribution in [2.45, 2.75) is 58.9 Å². The summed E-state index contributed by atoms with van der Waals surface area (Å²) in [5.74, 6) is 1.55. The lowest BCUT2D eigenvalue weighted by Crippen LogP contribution is -2.22. The summed E-state index contributed by atoms with van der Waals surface area (Å²) < 4.78 is 10.8. The number of methoxy groups -OCH3 is 1. The fourth-order valence-corrected chi connectivity index (χ4v) is 2.28. The number of nitrogens with one attached hydrogen (secondary N) is 1. The van der Waals surface area contributed by atoms with E-state index in [1.807, 2.05) is 25.1 Å². The monoisotopic (exact) mass is 307 g/mol. The van der Waals surface area contributed by atoms with E-state index in [1.165, 1.54) is 19.3 Å². The average molecular weight is 307 g/mol. The zero-order valence-electron chi connectivity index (χ0n) is 14.1. The van der Waals surface area contributed by atoms with E-state index < -0.39 is 0 Å². The van der Waals surface area contributed by atoms with Gasteiger partial charge in [0.25, 0.3) is 0 Å². The minimum absolute atomic E-state index is 0.116. The predicted octanol–water partition coefficient (Wildman–Crippen LogP) is 4.07. The molecule has 4 nitrogen and oxygen atoms in total. The first-order valence-electron chi connectivity index (χ1n) is 8.27. The van der Waals surface area contributed by atoms with Crippen LogP contribution < -0.4 is 14.8 Å². The van der Waals surface area contributed by atoms with Crippen LogP contribution in [-0.4, -0.2) is 19.6 Å². The molecule has 0 saturated carbocycles. The van der Waals surface area contributed by atoms with E-state index in [0.717, 1.165) is 24.2 Å². The average Bonchev–Trinajstić information content (AvgIpc) is 2.53. The van der Waals surface area contributed by atoms with E-state index in [0.29, 0.717) is 25.3 Å². The molecule has 1 aromatic carbocycles. The number of benzene rings is 1. The molecule has 1 rings (SSSR count). The van der Waals surface area contributed by atoms with Gasteiger partial charge in [-0.3, -0.25) is 4.79 Å². The van der Waals surface area contributed by atoms with E-state index in [2.05, 4.69) is 12.2 Å². The van der Waals surface area contributed by atoms with Gasteiger partial charge < -0.3 is 14.8 Å². The number of hydrogen-bond acceptors (Lipinski definition) is 3. The first-order chi connectivity index (χ1) is 10.7. The highest BCUT2D eigenvalue weighted by atomic mass is 16.5. The molecule has 0 aliphatic rings. The van der Waals surface area contributed by atoms with Crippen LogP contribution in [0.1, 0.15) is 57.9 Å². The third-order valence-corrected chi connectivity index (χ3v) is 3.52. The van der Waals surface area contributed by atoms with Gasteiger partial charge in [0.2, 0.25) is 5.91 Å². The molecule has 0 fully saturated rings. The predicted molar refractivity (Wildman–Crippen MR) is 89.4 cm³/mol. The second kappa shape index (κ2) is 10.9. The van der Waals surface area contributed by atoms with Crippen molar-refractivity contribution in [3.8, 4) is 11.5 Å². The van der Waals surface area contributed by atoms with Gasteiger partial charge >= 0.3 is 0 Å². The van der Waals surface area contributed by atoms with Crippen molar-refractivity contribution >= 4 is 5.91 Å². The van der Waals surface area contributed by atoms with Crippen molar-refractivity contribution in [1.29, 1.82) is 0 Å². The highest BCUT2D eigenvalue weighted by Crippen LogP contribution is 2.27. The molecule has 0 saturated heterocycles. The summed E-state index contributed by atoms with van der Waals surface area (Å²) in [4.78, 5) is 11.8. The molecule has 0 heterocycles. The third kappa shape index (κ3) is 6.83. The van der Waals surface area contributed by atoms with Crippen LogP contribution in [0.5, 0.6) is 11.5 Å². The molecule has 0 atom stereocenters. The van der Waals surface area contributed by atoms with Crippen LogP contribution in [-0.2, 0) is 11.3 Å². The van der Waals surface area contributed by atoms with Gasteiger partial charge in [-0.1, -0.05) is 38.7 Å². The summed E-state index contributed by atoms with van der Waals surface area (Å²) in [6, 6.07) is 5.74. The molecule has 0 aliphatic carbocycles. The van der Waals surface area contributed by atoms with Crippen LogP contribution in [0.15, 0.2) is 18.2 Å². The Balaban J connectivity index is 2.37. The van der Waals surface area contributed by atoms with Crippen LogP contribution in [0, 0.1) is 0 Å². The van der Waals surface area contributed by atoms with Crippen molar-refractivity contribution in [1.82, 2.24) is 5.32 Å². The number of carbonyl (C=O) groups is 1. The lowest BCUT2D eigenvalue weighted by atomic mass is 10.1. The molecule has 0 aliphatic heterocycles. The Bertz CT molecular complexity index is 446. The van der Waals surface area contributed by atoms with Gasteiger partial charge in [-0.05, 0) is 31.0 Å². The normalized spacial score (nSPS) is 10.3. The van der Waals surface area contributed by atoms with Crippen molar-refractivity contribution in [3.05, 3.63) is 23.8 Å². The van der Waals surface area contributed by atoms with Crippen molar-refractivity contribution < 1.29 is 14.3 Å². The Morgan fingerprint density at radius 1 is 1.09 bits per heavy atom. The van der Waals surface area contributed by atoms with E-state index >= 15 is 0 Å². The standard InChI is InChI=1S/C18H29NO3/c1-4-6-7-8-9-10-18(20)19-14-15-11-12-16(21-3)17(13-15)22-5-2/h11-13H,4-10,14H2,1-3H3,(H,19,20). The molecule has 1 aromatic rings. The molecule has 0 radical (unpaired) electrons. The first kappa shape index (κ1) is 18.3. The molecule has 22 heavy (non-hydrogen) atoms. The maximum absolute atomic E-state index is 11.8. The van der Waals surface area contributed by atoms with Crippen molar-refractivity contribution in [2.24, 2.45) is 0 Å². The number of carbonyl (C=O) groups excluding carboxylic acids is 1. The smallest absolute Gasteiger partial charge is 0.220 e. The number of amides is 1. The fraction of sp³-hybridized carbons (Fsp3) is 0.611. The molecule has 0 spiro atoms. The topological polar surface area (TPSA) is 47.6 Å². The van der Waals surface area contributed by atoms with Gasteiger partial charge in [0.05, 0.1) is 13.7 Å². The molecule has 0 aromatic heterocycles. The van der Waals surface area contributed by atoms with Crippen LogP contribution in [0.2, 0.25) is 0 Å². The number of ether oxygens (including phenoxy) is 2. The molecule has 1 amide bonds. The van der Waals surface area contributed by atoms with Gasteiger partial charge in [0, 0.05) is 13.0 Å². The van der Waals surface area contributed by atoms with Crippen LogP contribution >= 0.6 is 0 Å². The summed E-state index contributed by atoms with van der Waals surface area (Å²) in [7, 11) is 1.62. The molecular formula is C18H29NO3. The lowest BCUT2D eigenvalue weighted by Gasteiger charge is -2.11. The van der Waals surface area contributed by atoms with E-state index in [9.17, 15) is 4.79 Å². The van der Waals surface area contributed by atoms with E-state index in [-0.39, 0.29) is 5.91 Å². The molecule has 4 heteroatoms. The number of unbranched alkanes of at least 4 members (excludes halogenated alkanes) is 4. The quantitative estimate of drug-likeness (QED) is 0.627. The van der Waals surface area contributed by atoms with Crippen molar-refractivity contribution in [2.75, 3.05) is 13.7 Å². The SMILES string of the molecule is CCCCCCCC(=O)NCc1ccc(OC)c(OCC)c1. The Morgan fingerprint density at radius 3 is 2.55 bits per heavy atom. The highest BCUT2D eigenvalue weighted by molar-refractivity contribution is 5.75. The summed E-state index contributed by atoms with van der Waals surface area (Å²) in [6.45, 7) is 5.24. The van der Waals surface area contributed by atoms with Gasteiger partial charge in [-0.25, -0.2) is 0 Å². The van der Waals surface area contributed by atoms with Crippen LogP contribution in [0.25, 0.3) is 0 Å². The first-order valence-corrected chi connectivity index (χ1v) is 8.27. The maximum atomic E-state index is 11.8. The van der Waals surface area contributed by atoms with E-state index in [1.54, 1.807) is 7.11 Å². The Labute approximate surface area is 134 Å². The maximum Gasteiger partial charge on any atom is 0.220 e. The number of rotatable bonds is 11. The largest absolute Gasteiger partial charge is 0.493 e. The van der Waals surface area contributed by atoms with Crippen LogP contribution in [0.4, 0.5) is 0 Å². The van der Waals surface area contributed by atoms with E-state index in [4.69, 9.17) is 9.47 Å².